The van der Waals surface area contributed by atoms with Gasteiger partial charge < -0.3 is 15.5 Å². The summed E-state index contributed by atoms with van der Waals surface area (Å²) >= 11 is 0. The molecule has 2 rings (SSSR count). The van der Waals surface area contributed by atoms with Crippen molar-refractivity contribution in [2.75, 3.05) is 6.54 Å². The number of rotatable bonds is 2. The van der Waals surface area contributed by atoms with E-state index in [0.29, 0.717) is 12.1 Å². The predicted octanol–water partition coefficient (Wildman–Crippen LogP) is 0.508. The van der Waals surface area contributed by atoms with Gasteiger partial charge in [-0.05, 0) is 30.7 Å². The van der Waals surface area contributed by atoms with E-state index in [1.165, 1.54) is 12.1 Å². The van der Waals surface area contributed by atoms with Gasteiger partial charge in [0.05, 0.1) is 17.7 Å². The summed E-state index contributed by atoms with van der Waals surface area (Å²) in [7, 11) is 0. The van der Waals surface area contributed by atoms with E-state index >= 15 is 0 Å². The van der Waals surface area contributed by atoms with Crippen molar-refractivity contribution in [2.45, 2.75) is 6.92 Å². The first-order chi connectivity index (χ1) is 7.90. The van der Waals surface area contributed by atoms with E-state index in [4.69, 9.17) is 10.2 Å². The molecule has 1 saturated heterocycles. The number of carboxylic acids is 2. The zero-order valence-electron chi connectivity index (χ0n) is 9.06. The maximum atomic E-state index is 10.5. The quantitative estimate of drug-likeness (QED) is 0.648. The van der Waals surface area contributed by atoms with Crippen molar-refractivity contribution >= 4 is 17.8 Å². The van der Waals surface area contributed by atoms with Gasteiger partial charge in [0.1, 0.15) is 0 Å². The Labute approximate surface area is 96.9 Å². The summed E-state index contributed by atoms with van der Waals surface area (Å²) in [6, 6.07) is 3.99. The van der Waals surface area contributed by atoms with Crippen molar-refractivity contribution in [3.05, 3.63) is 34.9 Å². The van der Waals surface area contributed by atoms with Gasteiger partial charge in [-0.1, -0.05) is 0 Å². The summed E-state index contributed by atoms with van der Waals surface area (Å²) in [5, 5.41) is 19.7. The van der Waals surface area contributed by atoms with Crippen LogP contribution in [-0.2, 0) is 4.79 Å². The van der Waals surface area contributed by atoms with Crippen molar-refractivity contribution in [3.8, 4) is 0 Å². The van der Waals surface area contributed by atoms with Crippen LogP contribution in [0.25, 0.3) is 0 Å². The van der Waals surface area contributed by atoms with Crippen LogP contribution < -0.4 is 5.32 Å². The van der Waals surface area contributed by atoms with Crippen LogP contribution in [0.3, 0.4) is 0 Å². The number of benzene rings is 1. The lowest BCUT2D eigenvalue weighted by molar-refractivity contribution is -0.110. The second-order valence-electron chi connectivity index (χ2n) is 3.47. The van der Waals surface area contributed by atoms with E-state index in [2.05, 4.69) is 5.32 Å². The molecule has 0 saturated carbocycles. The van der Waals surface area contributed by atoms with Crippen LogP contribution in [0.1, 0.15) is 26.3 Å². The van der Waals surface area contributed by atoms with E-state index in [0.717, 1.165) is 6.07 Å². The summed E-state index contributed by atoms with van der Waals surface area (Å²) in [5.41, 5.74) is 0.618. The van der Waals surface area contributed by atoms with Crippen LogP contribution in [0.2, 0.25) is 0 Å². The Morgan fingerprint density at radius 1 is 1.12 bits per heavy atom. The molecule has 1 fully saturated rings. The Morgan fingerprint density at radius 2 is 1.47 bits per heavy atom. The van der Waals surface area contributed by atoms with Gasteiger partial charge in [0.25, 0.3) is 0 Å². The molecule has 1 aliphatic rings. The fraction of sp³-hybridized carbons (Fsp3) is 0.182. The summed E-state index contributed by atoms with van der Waals surface area (Å²) in [5.74, 6) is -2.07. The predicted molar refractivity (Wildman–Crippen MR) is 58.1 cm³/mol. The van der Waals surface area contributed by atoms with Gasteiger partial charge in [0.2, 0.25) is 5.91 Å². The third-order valence-electron chi connectivity index (χ3n) is 1.89. The van der Waals surface area contributed by atoms with Crippen LogP contribution in [-0.4, -0.2) is 34.6 Å². The number of carbonyl (C=O) groups is 3. The molecule has 3 N–H and O–H groups in total. The van der Waals surface area contributed by atoms with Crippen LogP contribution >= 0.6 is 0 Å². The second-order valence-corrected chi connectivity index (χ2v) is 3.47. The number of aryl methyl sites for hydroxylation is 1. The van der Waals surface area contributed by atoms with Gasteiger partial charge in [-0.25, -0.2) is 9.59 Å². The molecule has 0 radical (unpaired) electrons. The highest BCUT2D eigenvalue weighted by molar-refractivity contribution is 5.94. The normalized spacial score (nSPS) is 11.9. The van der Waals surface area contributed by atoms with Gasteiger partial charge in [-0.3, -0.25) is 4.79 Å². The highest BCUT2D eigenvalue weighted by atomic mass is 16.4. The van der Waals surface area contributed by atoms with Crippen molar-refractivity contribution in [1.82, 2.24) is 5.32 Å². The Hall–Kier alpha value is -2.37. The van der Waals surface area contributed by atoms with Crippen LogP contribution in [0.5, 0.6) is 0 Å². The van der Waals surface area contributed by atoms with Crippen LogP contribution in [0, 0.1) is 6.92 Å². The topological polar surface area (TPSA) is 114 Å². The smallest absolute Gasteiger partial charge is 0.335 e. The minimum Gasteiger partial charge on any atom is -0.478 e. The largest absolute Gasteiger partial charge is 0.478 e. The molecular weight excluding hydrogens is 226 g/mol. The highest BCUT2D eigenvalue weighted by Gasteiger charge is 2.10. The summed E-state index contributed by atoms with van der Waals surface area (Å²) in [6.07, 6.45) is 0. The van der Waals surface area contributed by atoms with E-state index in [1.54, 1.807) is 6.92 Å². The SMILES string of the molecule is Cc1cc(C(=O)O)cc(C(=O)O)c1.O=C1CN1. The van der Waals surface area contributed by atoms with Crippen molar-refractivity contribution in [2.24, 2.45) is 0 Å². The average Bonchev–Trinajstić information content (AvgIpc) is 3.00. The number of nitrogens with one attached hydrogen (secondary N) is 1. The number of amides is 1. The molecule has 0 unspecified atom stereocenters. The molecule has 0 aliphatic carbocycles. The van der Waals surface area contributed by atoms with Crippen molar-refractivity contribution in [3.63, 3.8) is 0 Å². The average molecular weight is 237 g/mol. The number of aromatic carboxylic acids is 2. The van der Waals surface area contributed by atoms with Crippen molar-refractivity contribution in [1.29, 1.82) is 0 Å². The molecule has 0 atom stereocenters. The number of carbonyl (C=O) groups excluding carboxylic acids is 1. The third kappa shape index (κ3) is 4.33. The molecule has 1 aromatic rings. The molecule has 6 nitrogen and oxygen atoms in total. The highest BCUT2D eigenvalue weighted by Crippen LogP contribution is 2.09. The molecule has 0 bridgehead atoms. The summed E-state index contributed by atoms with van der Waals surface area (Å²) in [6.45, 7) is 2.25. The third-order valence-corrected chi connectivity index (χ3v) is 1.89. The van der Waals surface area contributed by atoms with Crippen LogP contribution in [0.15, 0.2) is 18.2 Å². The summed E-state index contributed by atoms with van der Waals surface area (Å²) < 4.78 is 0. The van der Waals surface area contributed by atoms with E-state index in [9.17, 15) is 14.4 Å². The first-order valence-corrected chi connectivity index (χ1v) is 4.75. The fourth-order valence-electron chi connectivity index (χ4n) is 1.07. The van der Waals surface area contributed by atoms with E-state index in [-0.39, 0.29) is 17.0 Å². The lowest BCUT2D eigenvalue weighted by atomic mass is 10.1. The van der Waals surface area contributed by atoms with Crippen LogP contribution in [0.4, 0.5) is 0 Å². The molecule has 0 spiro atoms. The minimum atomic E-state index is -1.12. The first-order valence-electron chi connectivity index (χ1n) is 4.75. The molecule has 1 heterocycles. The molecule has 17 heavy (non-hydrogen) atoms. The lowest BCUT2D eigenvalue weighted by Gasteiger charge is -1.99. The number of carboxylic acid groups (broad SMARTS) is 2. The second kappa shape index (κ2) is 5.11. The maximum absolute atomic E-state index is 10.5. The number of hydrogen-bond acceptors (Lipinski definition) is 3. The minimum absolute atomic E-state index is 0.00241. The zero-order chi connectivity index (χ0) is 13.0. The maximum Gasteiger partial charge on any atom is 0.335 e. The zero-order valence-corrected chi connectivity index (χ0v) is 9.06. The molecule has 6 heteroatoms. The van der Waals surface area contributed by atoms with Gasteiger partial charge in [-0.15, -0.1) is 0 Å². The van der Waals surface area contributed by atoms with Gasteiger partial charge in [0, 0.05) is 0 Å². The summed E-state index contributed by atoms with van der Waals surface area (Å²) in [4.78, 5) is 30.5. The molecule has 1 aliphatic heterocycles. The van der Waals surface area contributed by atoms with Gasteiger partial charge in [0.15, 0.2) is 0 Å². The Balaban J connectivity index is 0.000000302. The number of hydrogen-bond donors (Lipinski definition) is 3. The molecule has 90 valence electrons. The van der Waals surface area contributed by atoms with Gasteiger partial charge >= 0.3 is 11.9 Å². The van der Waals surface area contributed by atoms with Gasteiger partial charge in [-0.2, -0.15) is 0 Å². The monoisotopic (exact) mass is 237 g/mol. The van der Waals surface area contributed by atoms with Crippen molar-refractivity contribution < 1.29 is 24.6 Å². The Bertz CT molecular complexity index is 443. The van der Waals surface area contributed by atoms with E-state index in [1.807, 2.05) is 0 Å². The molecule has 1 aromatic carbocycles. The Morgan fingerprint density at radius 3 is 1.71 bits per heavy atom. The molecule has 0 aromatic heterocycles. The Kier molecular flexibility index (Phi) is 3.82. The first kappa shape index (κ1) is 12.7. The van der Waals surface area contributed by atoms with E-state index < -0.39 is 11.9 Å². The molecule has 1 amide bonds. The fourth-order valence-corrected chi connectivity index (χ4v) is 1.07. The lowest BCUT2D eigenvalue weighted by Crippen LogP contribution is -2.02. The standard InChI is InChI=1S/C9H8O4.C2H3NO/c1-5-2-6(8(10)11)4-7(3-5)9(12)13;4-2-1-3-2/h2-4H,1H3,(H,10,11)(H,12,13);1H2,(H,3,4). The molecular formula is C11H11NO5.